The average molecular weight is 464 g/mol. The highest BCUT2D eigenvalue weighted by Gasteiger charge is 2.38. The van der Waals surface area contributed by atoms with E-state index in [1.807, 2.05) is 0 Å². The topological polar surface area (TPSA) is 52.7 Å². The molecule has 5 nitrogen and oxygen atoms in total. The lowest BCUT2D eigenvalue weighted by Crippen LogP contribution is -2.58. The van der Waals surface area contributed by atoms with Gasteiger partial charge in [-0.05, 0) is 61.3 Å². The Bertz CT molecular complexity index is 1030. The third-order valence-electron chi connectivity index (χ3n) is 7.90. The van der Waals surface area contributed by atoms with Crippen molar-refractivity contribution in [2.45, 2.75) is 57.0 Å². The molecule has 2 fully saturated rings. The minimum atomic E-state index is -0.481. The number of carbonyl (C=O) groups excluding carboxylic acids is 2. The molecule has 34 heavy (non-hydrogen) atoms. The molecule has 6 heteroatoms. The fraction of sp³-hybridized carbons (Fsp3) is 0.500. The van der Waals surface area contributed by atoms with Gasteiger partial charge in [0.05, 0.1) is 17.6 Å². The first kappa shape index (κ1) is 23.0. The van der Waals surface area contributed by atoms with Crippen molar-refractivity contribution in [3.05, 3.63) is 71.0 Å². The smallest absolute Gasteiger partial charge is 0.256 e. The number of hydrogen-bond donors (Lipinski definition) is 1. The number of fused-ring (bicyclic) bond motifs is 1. The second-order valence-electron chi connectivity index (χ2n) is 9.95. The molecule has 5 rings (SSSR count). The van der Waals surface area contributed by atoms with Crippen LogP contribution in [0.3, 0.4) is 0 Å². The zero-order valence-corrected chi connectivity index (χ0v) is 19.7. The van der Waals surface area contributed by atoms with Crippen molar-refractivity contribution in [2.75, 3.05) is 26.2 Å². The lowest BCUT2D eigenvalue weighted by Gasteiger charge is -2.41. The van der Waals surface area contributed by atoms with Crippen LogP contribution in [0.1, 0.15) is 66.1 Å². The van der Waals surface area contributed by atoms with Gasteiger partial charge in [-0.1, -0.05) is 49.2 Å². The number of piperazine rings is 1. The molecule has 2 aromatic rings. The minimum absolute atomic E-state index is 0.0743. The Labute approximate surface area is 201 Å². The molecule has 2 atom stereocenters. The lowest BCUT2D eigenvalue weighted by atomic mass is 9.87. The largest absolute Gasteiger partial charge is 0.348 e. The quantitative estimate of drug-likeness (QED) is 0.718. The van der Waals surface area contributed by atoms with E-state index >= 15 is 0 Å². The molecule has 0 radical (unpaired) electrons. The van der Waals surface area contributed by atoms with Crippen LogP contribution in [0.25, 0.3) is 0 Å². The molecule has 0 unspecified atom stereocenters. The van der Waals surface area contributed by atoms with E-state index < -0.39 is 5.82 Å². The number of hydrogen-bond acceptors (Lipinski definition) is 3. The van der Waals surface area contributed by atoms with E-state index in [2.05, 4.69) is 34.5 Å². The molecule has 3 aliphatic rings. The van der Waals surface area contributed by atoms with Gasteiger partial charge in [-0.2, -0.15) is 0 Å². The predicted octanol–water partition coefficient (Wildman–Crippen LogP) is 4.34. The molecule has 1 heterocycles. The molecule has 1 aliphatic heterocycles. The van der Waals surface area contributed by atoms with E-state index in [0.29, 0.717) is 32.1 Å². The number of carbonyl (C=O) groups is 2. The number of amides is 2. The molecular formula is C28H34FN3O2. The molecule has 1 saturated carbocycles. The Balaban J connectivity index is 1.27. The highest BCUT2D eigenvalue weighted by Crippen LogP contribution is 2.33. The van der Waals surface area contributed by atoms with Crippen molar-refractivity contribution in [2.24, 2.45) is 5.92 Å². The molecule has 2 aromatic carbocycles. The van der Waals surface area contributed by atoms with Crippen molar-refractivity contribution in [3.8, 4) is 0 Å². The normalized spacial score (nSPS) is 22.3. The Hall–Kier alpha value is -2.73. The lowest BCUT2D eigenvalue weighted by molar-refractivity contribution is -0.130. The van der Waals surface area contributed by atoms with Crippen LogP contribution in [0.15, 0.2) is 48.5 Å². The van der Waals surface area contributed by atoms with Gasteiger partial charge in [-0.15, -0.1) is 0 Å². The van der Waals surface area contributed by atoms with Gasteiger partial charge >= 0.3 is 0 Å². The summed E-state index contributed by atoms with van der Waals surface area (Å²) in [6.07, 6.45) is 7.64. The van der Waals surface area contributed by atoms with Crippen LogP contribution in [0.4, 0.5) is 4.39 Å². The highest BCUT2D eigenvalue weighted by atomic mass is 19.1. The number of nitrogens with one attached hydrogen (secondary N) is 1. The first-order valence-corrected chi connectivity index (χ1v) is 12.8. The summed E-state index contributed by atoms with van der Waals surface area (Å²) < 4.78 is 14.1. The molecule has 2 amide bonds. The number of nitrogens with zero attached hydrogens (tertiary/aromatic N) is 2. The van der Waals surface area contributed by atoms with Gasteiger partial charge in [-0.3, -0.25) is 14.5 Å². The fourth-order valence-electron chi connectivity index (χ4n) is 6.12. The maximum absolute atomic E-state index is 14.1. The summed E-state index contributed by atoms with van der Waals surface area (Å²) in [6.45, 7) is 2.29. The Morgan fingerprint density at radius 2 is 1.59 bits per heavy atom. The molecule has 0 spiro atoms. The summed E-state index contributed by atoms with van der Waals surface area (Å²) in [5, 5.41) is 3.41. The zero-order valence-electron chi connectivity index (χ0n) is 19.7. The number of aryl methyl sites for hydroxylation is 1. The third kappa shape index (κ3) is 4.74. The van der Waals surface area contributed by atoms with Gasteiger partial charge in [0.2, 0.25) is 5.91 Å². The minimum Gasteiger partial charge on any atom is -0.348 e. The second kappa shape index (κ2) is 10.3. The summed E-state index contributed by atoms with van der Waals surface area (Å²) in [7, 11) is 0. The van der Waals surface area contributed by atoms with Crippen molar-refractivity contribution >= 4 is 11.8 Å². The average Bonchev–Trinajstić information content (AvgIpc) is 3.39. The van der Waals surface area contributed by atoms with Gasteiger partial charge < -0.3 is 10.2 Å². The summed E-state index contributed by atoms with van der Waals surface area (Å²) in [5.41, 5.74) is 2.72. The molecule has 1 saturated heterocycles. The maximum Gasteiger partial charge on any atom is 0.256 e. The third-order valence-corrected chi connectivity index (χ3v) is 7.90. The predicted molar refractivity (Wildman–Crippen MR) is 130 cm³/mol. The van der Waals surface area contributed by atoms with Gasteiger partial charge in [0.1, 0.15) is 5.82 Å². The highest BCUT2D eigenvalue weighted by molar-refractivity contribution is 5.94. The fourth-order valence-corrected chi connectivity index (χ4v) is 6.12. The number of halogens is 1. The summed E-state index contributed by atoms with van der Waals surface area (Å²) in [5.74, 6) is -0.264. The van der Waals surface area contributed by atoms with Crippen LogP contribution < -0.4 is 5.32 Å². The van der Waals surface area contributed by atoms with Crippen molar-refractivity contribution < 1.29 is 14.0 Å². The first-order valence-electron chi connectivity index (χ1n) is 12.8. The summed E-state index contributed by atoms with van der Waals surface area (Å²) >= 11 is 0. The standard InChI is InChI=1S/C28H34FN3O2/c29-24-14-6-5-13-23(24)28(34)32-18-16-31(17-19-32)26(21-9-1-2-10-21)27(33)30-25-15-7-11-20-8-3-4-12-22(20)25/h3-6,8,12-14,21,25-26H,1-2,7,9-11,15-19H2,(H,30,33)/t25-,26+/m1/s1. The molecule has 1 N–H and O–H groups in total. The Morgan fingerprint density at radius 3 is 2.35 bits per heavy atom. The molecule has 180 valence electrons. The van der Waals surface area contributed by atoms with E-state index in [1.165, 1.54) is 30.0 Å². The van der Waals surface area contributed by atoms with Crippen molar-refractivity contribution in [3.63, 3.8) is 0 Å². The first-order chi connectivity index (χ1) is 16.6. The van der Waals surface area contributed by atoms with Gasteiger partial charge in [-0.25, -0.2) is 4.39 Å². The van der Waals surface area contributed by atoms with Crippen LogP contribution in [-0.2, 0) is 11.2 Å². The summed E-state index contributed by atoms with van der Waals surface area (Å²) in [6, 6.07) is 14.5. The number of benzene rings is 2. The monoisotopic (exact) mass is 463 g/mol. The Morgan fingerprint density at radius 1 is 0.882 bits per heavy atom. The Kier molecular flexibility index (Phi) is 6.95. The van der Waals surface area contributed by atoms with E-state index in [-0.39, 0.29) is 29.5 Å². The number of rotatable bonds is 5. The molecular weight excluding hydrogens is 429 g/mol. The SMILES string of the molecule is O=C(N[C@@H]1CCCc2ccccc21)[C@H](C1CCCC1)N1CCN(C(=O)c2ccccc2F)CC1. The van der Waals surface area contributed by atoms with Crippen LogP contribution in [0.5, 0.6) is 0 Å². The van der Waals surface area contributed by atoms with Gasteiger partial charge in [0.15, 0.2) is 0 Å². The zero-order chi connectivity index (χ0) is 23.5. The van der Waals surface area contributed by atoms with E-state index in [0.717, 1.165) is 32.1 Å². The molecule has 0 bridgehead atoms. The van der Waals surface area contributed by atoms with Crippen LogP contribution in [0, 0.1) is 11.7 Å². The van der Waals surface area contributed by atoms with Crippen molar-refractivity contribution in [1.29, 1.82) is 0 Å². The summed E-state index contributed by atoms with van der Waals surface area (Å²) in [4.78, 5) is 30.5. The van der Waals surface area contributed by atoms with E-state index in [1.54, 1.807) is 23.1 Å². The van der Waals surface area contributed by atoms with Crippen LogP contribution >= 0.6 is 0 Å². The van der Waals surface area contributed by atoms with Gasteiger partial charge in [0, 0.05) is 26.2 Å². The van der Waals surface area contributed by atoms with E-state index in [9.17, 15) is 14.0 Å². The second-order valence-corrected chi connectivity index (χ2v) is 9.95. The van der Waals surface area contributed by atoms with Crippen LogP contribution in [0.2, 0.25) is 0 Å². The van der Waals surface area contributed by atoms with Gasteiger partial charge in [0.25, 0.3) is 5.91 Å². The molecule has 0 aromatic heterocycles. The van der Waals surface area contributed by atoms with E-state index in [4.69, 9.17) is 0 Å². The van der Waals surface area contributed by atoms with Crippen LogP contribution in [-0.4, -0.2) is 53.8 Å². The maximum atomic E-state index is 14.1. The van der Waals surface area contributed by atoms with Crippen molar-refractivity contribution in [1.82, 2.24) is 15.1 Å². The molecule has 2 aliphatic carbocycles.